The van der Waals surface area contributed by atoms with Crippen LogP contribution in [-0.2, 0) is 4.79 Å². The first kappa shape index (κ1) is 19.4. The van der Waals surface area contributed by atoms with Crippen molar-refractivity contribution in [3.63, 3.8) is 0 Å². The van der Waals surface area contributed by atoms with Crippen LogP contribution in [0.2, 0.25) is 0 Å². The molecule has 1 unspecified atom stereocenters. The molecule has 9 heteroatoms. The Bertz CT molecular complexity index is 1050. The Labute approximate surface area is 172 Å². The van der Waals surface area contributed by atoms with Crippen LogP contribution in [-0.4, -0.2) is 54.7 Å². The van der Waals surface area contributed by atoms with Crippen LogP contribution in [0, 0.1) is 0 Å². The maximum absolute atomic E-state index is 11.8. The molecule has 152 valence electrons. The fourth-order valence-corrected chi connectivity index (χ4v) is 4.11. The van der Waals surface area contributed by atoms with Gasteiger partial charge < -0.3 is 20.2 Å². The second-order valence-electron chi connectivity index (χ2n) is 7.09. The molecular formula is C20H23N5O3S. The van der Waals surface area contributed by atoms with Gasteiger partial charge in [-0.25, -0.2) is 9.97 Å². The highest BCUT2D eigenvalue weighted by molar-refractivity contribution is 7.14. The SMILES string of the molecule is COc1ccc2c(ON3CCCC3C(N)=O)cc(-c3csc(N(C)C)n3)nc2c1. The molecule has 1 aliphatic heterocycles. The van der Waals surface area contributed by atoms with Crippen molar-refractivity contribution in [1.82, 2.24) is 15.0 Å². The van der Waals surface area contributed by atoms with E-state index in [9.17, 15) is 4.79 Å². The van der Waals surface area contributed by atoms with E-state index in [0.717, 1.165) is 28.1 Å². The van der Waals surface area contributed by atoms with Gasteiger partial charge in [-0.05, 0) is 25.0 Å². The van der Waals surface area contributed by atoms with Gasteiger partial charge in [-0.1, -0.05) is 0 Å². The number of carbonyl (C=O) groups is 1. The smallest absolute Gasteiger partial charge is 0.238 e. The molecule has 4 rings (SSSR count). The molecule has 29 heavy (non-hydrogen) atoms. The molecule has 1 aliphatic rings. The van der Waals surface area contributed by atoms with Crippen LogP contribution >= 0.6 is 11.3 Å². The van der Waals surface area contributed by atoms with Crippen molar-refractivity contribution in [2.45, 2.75) is 18.9 Å². The number of primary amides is 1. The summed E-state index contributed by atoms with van der Waals surface area (Å²) in [6.07, 6.45) is 1.55. The minimum atomic E-state index is -0.431. The molecule has 8 nitrogen and oxygen atoms in total. The van der Waals surface area contributed by atoms with Gasteiger partial charge in [0.15, 0.2) is 10.9 Å². The third kappa shape index (κ3) is 3.83. The standard InChI is InChI=1S/C20H23N5O3S/c1-24(2)20-23-16(11-29-20)15-10-18(28-25-8-4-5-17(25)19(21)26)13-7-6-12(27-3)9-14(13)22-15/h6-7,9-11,17H,4-5,8H2,1-3H3,(H2,21,26). The summed E-state index contributed by atoms with van der Waals surface area (Å²) in [7, 11) is 5.52. The summed E-state index contributed by atoms with van der Waals surface area (Å²) < 4.78 is 5.35. The molecule has 2 N–H and O–H groups in total. The van der Waals surface area contributed by atoms with Crippen molar-refractivity contribution in [2.24, 2.45) is 5.73 Å². The molecule has 3 aromatic rings. The predicted octanol–water partition coefficient (Wildman–Crippen LogP) is 2.68. The lowest BCUT2D eigenvalue weighted by atomic mass is 10.1. The van der Waals surface area contributed by atoms with E-state index in [1.165, 1.54) is 0 Å². The third-order valence-corrected chi connectivity index (χ3v) is 5.87. The number of carbonyl (C=O) groups excluding carboxylic acids is 1. The molecule has 1 amide bonds. The van der Waals surface area contributed by atoms with Gasteiger partial charge in [0.25, 0.3) is 0 Å². The van der Waals surface area contributed by atoms with Crippen molar-refractivity contribution in [3.8, 4) is 22.9 Å². The number of rotatable bonds is 6. The number of aromatic nitrogens is 2. The number of nitrogens with two attached hydrogens (primary N) is 1. The van der Waals surface area contributed by atoms with Crippen LogP contribution in [0.1, 0.15) is 12.8 Å². The molecule has 1 atom stereocenters. The first-order valence-electron chi connectivity index (χ1n) is 9.32. The van der Waals surface area contributed by atoms with Gasteiger partial charge in [-0.15, -0.1) is 16.4 Å². The summed E-state index contributed by atoms with van der Waals surface area (Å²) in [5.74, 6) is 0.939. The lowest BCUT2D eigenvalue weighted by molar-refractivity contribution is -0.135. The maximum Gasteiger partial charge on any atom is 0.238 e. The number of benzene rings is 1. The van der Waals surface area contributed by atoms with E-state index in [0.29, 0.717) is 30.2 Å². The fraction of sp³-hybridized carbons (Fsp3) is 0.350. The Morgan fingerprint density at radius 2 is 2.10 bits per heavy atom. The second kappa shape index (κ2) is 7.84. The highest BCUT2D eigenvalue weighted by Crippen LogP contribution is 2.35. The summed E-state index contributed by atoms with van der Waals surface area (Å²) >= 11 is 1.55. The molecule has 0 spiro atoms. The minimum Gasteiger partial charge on any atom is -0.497 e. The van der Waals surface area contributed by atoms with Crippen molar-refractivity contribution in [1.29, 1.82) is 0 Å². The summed E-state index contributed by atoms with van der Waals surface area (Å²) in [5, 5.41) is 5.35. The molecule has 2 aromatic heterocycles. The molecule has 0 radical (unpaired) electrons. The van der Waals surface area contributed by atoms with E-state index in [-0.39, 0.29) is 5.91 Å². The van der Waals surface area contributed by atoms with Crippen LogP contribution in [0.15, 0.2) is 29.6 Å². The van der Waals surface area contributed by atoms with E-state index in [4.69, 9.17) is 20.3 Å². The number of hydroxylamine groups is 2. The van der Waals surface area contributed by atoms with Gasteiger partial charge in [0, 0.05) is 43.5 Å². The van der Waals surface area contributed by atoms with E-state index >= 15 is 0 Å². The topological polar surface area (TPSA) is 93.8 Å². The van der Waals surface area contributed by atoms with Crippen LogP contribution in [0.25, 0.3) is 22.3 Å². The molecule has 0 bridgehead atoms. The van der Waals surface area contributed by atoms with Crippen molar-refractivity contribution in [3.05, 3.63) is 29.6 Å². The van der Waals surface area contributed by atoms with Gasteiger partial charge in [-0.2, -0.15) is 0 Å². The van der Waals surface area contributed by atoms with E-state index < -0.39 is 6.04 Å². The van der Waals surface area contributed by atoms with Crippen molar-refractivity contribution in [2.75, 3.05) is 32.6 Å². The zero-order chi connectivity index (χ0) is 20.5. The number of hydrogen-bond donors (Lipinski definition) is 1. The molecule has 0 aliphatic carbocycles. The number of anilines is 1. The summed E-state index contributed by atoms with van der Waals surface area (Å²) in [6.45, 7) is 0.643. The van der Waals surface area contributed by atoms with Gasteiger partial charge >= 0.3 is 0 Å². The van der Waals surface area contributed by atoms with Gasteiger partial charge in [0.05, 0.1) is 18.3 Å². The highest BCUT2D eigenvalue weighted by atomic mass is 32.1. The number of nitrogens with zero attached hydrogens (tertiary/aromatic N) is 4. The zero-order valence-electron chi connectivity index (χ0n) is 16.6. The van der Waals surface area contributed by atoms with Crippen LogP contribution < -0.4 is 20.2 Å². The number of fused-ring (bicyclic) bond motifs is 1. The number of ether oxygens (including phenoxy) is 1. The Morgan fingerprint density at radius 3 is 2.79 bits per heavy atom. The zero-order valence-corrected chi connectivity index (χ0v) is 17.4. The van der Waals surface area contributed by atoms with Gasteiger partial charge in [-0.3, -0.25) is 4.79 Å². The van der Waals surface area contributed by atoms with E-state index in [2.05, 4.69) is 4.98 Å². The quantitative estimate of drug-likeness (QED) is 0.664. The Kier molecular flexibility index (Phi) is 5.25. The molecule has 0 saturated carbocycles. The summed E-state index contributed by atoms with van der Waals surface area (Å²) in [5.41, 5.74) is 7.73. The number of pyridine rings is 1. The number of thiazole rings is 1. The average Bonchev–Trinajstić information content (AvgIpc) is 3.37. The number of methoxy groups -OCH3 is 1. The monoisotopic (exact) mass is 413 g/mol. The molecule has 1 saturated heterocycles. The van der Waals surface area contributed by atoms with Crippen molar-refractivity contribution < 1.29 is 14.4 Å². The maximum atomic E-state index is 11.8. The first-order chi connectivity index (χ1) is 14.0. The molecule has 3 heterocycles. The Morgan fingerprint density at radius 1 is 1.28 bits per heavy atom. The third-order valence-electron chi connectivity index (χ3n) is 4.86. The van der Waals surface area contributed by atoms with Gasteiger partial charge in [0.1, 0.15) is 17.5 Å². The lowest BCUT2D eigenvalue weighted by Gasteiger charge is -2.23. The lowest BCUT2D eigenvalue weighted by Crippen LogP contribution is -2.42. The van der Waals surface area contributed by atoms with Crippen LogP contribution in [0.5, 0.6) is 11.5 Å². The molecule has 1 aromatic carbocycles. The summed E-state index contributed by atoms with van der Waals surface area (Å²) in [4.78, 5) is 29.3. The largest absolute Gasteiger partial charge is 0.497 e. The molecular weight excluding hydrogens is 390 g/mol. The fourth-order valence-electron chi connectivity index (χ4n) is 3.36. The Balaban J connectivity index is 1.79. The number of hydrogen-bond acceptors (Lipinski definition) is 8. The van der Waals surface area contributed by atoms with Crippen LogP contribution in [0.3, 0.4) is 0 Å². The Hall–Kier alpha value is -2.91. The van der Waals surface area contributed by atoms with Crippen molar-refractivity contribution >= 4 is 33.3 Å². The van der Waals surface area contributed by atoms with Gasteiger partial charge in [0.2, 0.25) is 5.91 Å². The first-order valence-corrected chi connectivity index (χ1v) is 10.2. The van der Waals surface area contributed by atoms with E-state index in [1.54, 1.807) is 23.5 Å². The predicted molar refractivity (Wildman–Crippen MR) is 113 cm³/mol. The highest BCUT2D eigenvalue weighted by Gasteiger charge is 2.31. The second-order valence-corrected chi connectivity index (χ2v) is 7.93. The molecule has 1 fully saturated rings. The van der Waals surface area contributed by atoms with E-state index in [1.807, 2.05) is 48.6 Å². The minimum absolute atomic E-state index is 0.377. The number of amides is 1. The normalized spacial score (nSPS) is 16.9. The average molecular weight is 414 g/mol. The summed E-state index contributed by atoms with van der Waals surface area (Å²) in [6, 6.07) is 7.06. The van der Waals surface area contributed by atoms with Crippen LogP contribution in [0.4, 0.5) is 5.13 Å².